The molecular formula is C36H28NO2P. The summed E-state index contributed by atoms with van der Waals surface area (Å²) in [6.07, 6.45) is 4.42. The van der Waals surface area contributed by atoms with Crippen molar-refractivity contribution in [1.82, 2.24) is 0 Å². The van der Waals surface area contributed by atoms with Crippen molar-refractivity contribution in [3.8, 4) is 22.6 Å². The molecule has 0 saturated carbocycles. The Morgan fingerprint density at radius 1 is 0.575 bits per heavy atom. The van der Waals surface area contributed by atoms with Gasteiger partial charge in [0, 0.05) is 22.2 Å². The second kappa shape index (κ2) is 8.46. The third-order valence-corrected chi connectivity index (χ3v) is 10.9. The number of para-hydroxylation sites is 1. The fourth-order valence-corrected chi connectivity index (χ4v) is 9.45. The molecule has 0 N–H and O–H groups in total. The Kier molecular flexibility index (Phi) is 4.81. The van der Waals surface area contributed by atoms with Crippen molar-refractivity contribution in [3.63, 3.8) is 0 Å². The van der Waals surface area contributed by atoms with Gasteiger partial charge in [-0.3, -0.25) is 4.67 Å². The first-order valence-electron chi connectivity index (χ1n) is 14.3. The van der Waals surface area contributed by atoms with E-state index in [1.54, 1.807) is 0 Å². The molecular weight excluding hydrogens is 509 g/mol. The summed E-state index contributed by atoms with van der Waals surface area (Å²) in [6.45, 7) is 0. The molecule has 0 fully saturated rings. The summed E-state index contributed by atoms with van der Waals surface area (Å²) >= 11 is 0. The van der Waals surface area contributed by atoms with Crippen LogP contribution in [0.2, 0.25) is 0 Å². The van der Waals surface area contributed by atoms with Crippen molar-refractivity contribution >= 4 is 14.2 Å². The van der Waals surface area contributed by atoms with Gasteiger partial charge in [0.05, 0.1) is 6.04 Å². The van der Waals surface area contributed by atoms with Gasteiger partial charge in [0.1, 0.15) is 11.5 Å². The summed E-state index contributed by atoms with van der Waals surface area (Å²) in [5.41, 5.74) is 11.9. The van der Waals surface area contributed by atoms with E-state index in [1.807, 2.05) is 0 Å². The summed E-state index contributed by atoms with van der Waals surface area (Å²) in [6, 6.07) is 41.5. The van der Waals surface area contributed by atoms with E-state index >= 15 is 0 Å². The molecule has 1 aliphatic heterocycles. The largest absolute Gasteiger partial charge is 0.422 e. The van der Waals surface area contributed by atoms with Crippen LogP contribution in [0.4, 0.5) is 5.69 Å². The molecule has 0 unspecified atom stereocenters. The molecule has 4 heteroatoms. The standard InChI is InChI=1S/C36H28NO2P/c1-2-12-26(13-3-1)37(35-29-16-6-4-14-27(29)28-15-5-7-17-30(28)35)40-38-31-18-8-10-24-20-22-36(33(24)31)23-21-25-11-9-19-32(39-40)34(25)36/h1-19,35H,20-23H2. The lowest BCUT2D eigenvalue weighted by atomic mass is 9.76. The molecule has 0 atom stereocenters. The number of fused-ring (bicyclic) bond motifs is 3. The lowest BCUT2D eigenvalue weighted by molar-refractivity contribution is 0.422. The van der Waals surface area contributed by atoms with Crippen molar-refractivity contribution in [2.45, 2.75) is 37.1 Å². The van der Waals surface area contributed by atoms with Crippen molar-refractivity contribution in [2.24, 2.45) is 0 Å². The quantitative estimate of drug-likeness (QED) is 0.214. The number of aryl methyl sites for hydroxylation is 2. The normalized spacial score (nSPS) is 17.5. The van der Waals surface area contributed by atoms with Gasteiger partial charge in [0.15, 0.2) is 0 Å². The zero-order valence-electron chi connectivity index (χ0n) is 22.1. The number of hydrogen-bond donors (Lipinski definition) is 0. The lowest BCUT2D eigenvalue weighted by Gasteiger charge is -2.40. The summed E-state index contributed by atoms with van der Waals surface area (Å²) < 4.78 is 16.7. The van der Waals surface area contributed by atoms with E-state index in [0.29, 0.717) is 0 Å². The maximum Gasteiger partial charge on any atom is 0.418 e. The van der Waals surface area contributed by atoms with E-state index in [4.69, 9.17) is 9.05 Å². The molecule has 3 aliphatic carbocycles. The topological polar surface area (TPSA) is 21.7 Å². The molecule has 194 valence electrons. The van der Waals surface area contributed by atoms with Crippen LogP contribution < -0.4 is 13.7 Å². The summed E-state index contributed by atoms with van der Waals surface area (Å²) in [5, 5.41) is 0. The van der Waals surface area contributed by atoms with Crippen molar-refractivity contribution in [1.29, 1.82) is 0 Å². The zero-order valence-corrected chi connectivity index (χ0v) is 23.0. The average molecular weight is 538 g/mol. The van der Waals surface area contributed by atoms with Gasteiger partial charge in [-0.2, -0.15) is 0 Å². The summed E-state index contributed by atoms with van der Waals surface area (Å²) in [5.74, 6) is 1.98. The first kappa shape index (κ1) is 22.7. The Morgan fingerprint density at radius 3 is 1.68 bits per heavy atom. The van der Waals surface area contributed by atoms with Crippen LogP contribution in [-0.4, -0.2) is 0 Å². The maximum atomic E-state index is 7.16. The highest BCUT2D eigenvalue weighted by atomic mass is 31.2. The molecule has 40 heavy (non-hydrogen) atoms. The molecule has 0 saturated heterocycles. The van der Waals surface area contributed by atoms with Crippen LogP contribution in [-0.2, 0) is 18.3 Å². The highest BCUT2D eigenvalue weighted by Gasteiger charge is 2.51. The van der Waals surface area contributed by atoms with E-state index < -0.39 is 8.53 Å². The predicted molar refractivity (Wildman–Crippen MR) is 161 cm³/mol. The van der Waals surface area contributed by atoms with Crippen molar-refractivity contribution < 1.29 is 9.05 Å². The van der Waals surface area contributed by atoms with E-state index in [1.165, 1.54) is 44.5 Å². The Labute approximate surface area is 236 Å². The minimum Gasteiger partial charge on any atom is -0.422 e. The molecule has 1 spiro atoms. The van der Waals surface area contributed by atoms with Crippen LogP contribution >= 0.6 is 8.53 Å². The van der Waals surface area contributed by atoms with Crippen LogP contribution in [0.25, 0.3) is 11.1 Å². The molecule has 0 radical (unpaired) electrons. The maximum absolute atomic E-state index is 7.16. The van der Waals surface area contributed by atoms with Crippen molar-refractivity contribution in [2.75, 3.05) is 4.67 Å². The minimum atomic E-state index is -1.57. The smallest absolute Gasteiger partial charge is 0.418 e. The third kappa shape index (κ3) is 3.04. The predicted octanol–water partition coefficient (Wildman–Crippen LogP) is 9.14. The monoisotopic (exact) mass is 537 g/mol. The summed E-state index contributed by atoms with van der Waals surface area (Å²) in [7, 11) is -1.57. The van der Waals surface area contributed by atoms with Crippen LogP contribution in [0, 0.1) is 0 Å². The first-order chi connectivity index (χ1) is 19.8. The Bertz CT molecular complexity index is 1690. The van der Waals surface area contributed by atoms with Gasteiger partial charge >= 0.3 is 8.53 Å². The second-order valence-electron chi connectivity index (χ2n) is 11.3. The van der Waals surface area contributed by atoms with Crippen LogP contribution in [0.15, 0.2) is 115 Å². The van der Waals surface area contributed by atoms with E-state index in [0.717, 1.165) is 42.9 Å². The number of hydrogen-bond acceptors (Lipinski definition) is 3. The van der Waals surface area contributed by atoms with Gasteiger partial charge < -0.3 is 9.05 Å². The molecule has 3 nitrogen and oxygen atoms in total. The molecule has 1 heterocycles. The van der Waals surface area contributed by atoms with Gasteiger partial charge in [-0.1, -0.05) is 91.0 Å². The van der Waals surface area contributed by atoms with Gasteiger partial charge in [0.2, 0.25) is 0 Å². The molecule has 5 aromatic carbocycles. The average Bonchev–Trinajstić information content (AvgIpc) is 3.67. The SMILES string of the molecule is c1ccc(N(C2c3ccccc3-c3ccccc32)P2Oc3cccc4c3C3(CC4)CCc4cccc(c43)O2)cc1. The number of nitrogens with zero attached hydrogens (tertiary/aromatic N) is 1. The molecule has 4 aliphatic rings. The summed E-state index contributed by atoms with van der Waals surface area (Å²) in [4.78, 5) is 0. The van der Waals surface area contributed by atoms with Crippen LogP contribution in [0.1, 0.15) is 52.3 Å². The third-order valence-electron chi connectivity index (χ3n) is 9.42. The molecule has 0 amide bonds. The Hall–Kier alpha value is -4.07. The molecule has 0 bridgehead atoms. The van der Waals surface area contributed by atoms with E-state index in [-0.39, 0.29) is 11.5 Å². The van der Waals surface area contributed by atoms with Gasteiger partial charge in [-0.15, -0.1) is 0 Å². The van der Waals surface area contributed by atoms with Gasteiger partial charge in [-0.05, 0) is 83.3 Å². The Morgan fingerprint density at radius 2 is 1.10 bits per heavy atom. The minimum absolute atomic E-state index is 0.0105. The van der Waals surface area contributed by atoms with Crippen LogP contribution in [0.5, 0.6) is 11.5 Å². The number of anilines is 1. The highest BCUT2D eigenvalue weighted by Crippen LogP contribution is 2.64. The number of rotatable bonds is 3. The number of benzene rings is 5. The molecule has 0 aromatic heterocycles. The zero-order chi connectivity index (χ0) is 26.3. The fraction of sp³-hybridized carbons (Fsp3) is 0.167. The van der Waals surface area contributed by atoms with E-state index in [2.05, 4.69) is 120 Å². The van der Waals surface area contributed by atoms with Gasteiger partial charge in [-0.25, -0.2) is 0 Å². The Balaban J connectivity index is 1.29. The first-order valence-corrected chi connectivity index (χ1v) is 15.4. The molecule has 5 aromatic rings. The van der Waals surface area contributed by atoms with E-state index in [9.17, 15) is 0 Å². The molecule has 9 rings (SSSR count). The fourth-order valence-electron chi connectivity index (χ4n) is 7.84. The highest BCUT2D eigenvalue weighted by molar-refractivity contribution is 7.50. The van der Waals surface area contributed by atoms with Crippen LogP contribution in [0.3, 0.4) is 0 Å². The lowest BCUT2D eigenvalue weighted by Crippen LogP contribution is -2.30. The van der Waals surface area contributed by atoms with Crippen molar-refractivity contribution in [3.05, 3.63) is 149 Å². The van der Waals surface area contributed by atoms with Gasteiger partial charge in [0.25, 0.3) is 0 Å². The second-order valence-corrected chi connectivity index (χ2v) is 12.6.